The van der Waals surface area contributed by atoms with Gasteiger partial charge in [-0.05, 0) is 151 Å². The van der Waals surface area contributed by atoms with Gasteiger partial charge in [0.25, 0.3) is 0 Å². The Balaban J connectivity index is 1.14. The number of hydrogen-bond donors (Lipinski definition) is 0. The van der Waals surface area contributed by atoms with Crippen molar-refractivity contribution in [3.05, 3.63) is 275 Å². The van der Waals surface area contributed by atoms with E-state index in [0.717, 1.165) is 127 Å². The Morgan fingerprint density at radius 2 is 0.649 bits per heavy atom. The lowest BCUT2D eigenvalue weighted by atomic mass is 9.88. The second-order valence-corrected chi connectivity index (χ2v) is 20.7. The molecule has 0 aliphatic heterocycles. The lowest BCUT2D eigenvalue weighted by Gasteiger charge is -2.23. The summed E-state index contributed by atoms with van der Waals surface area (Å²) in [5.41, 5.74) is 26.0. The third kappa shape index (κ3) is 8.07. The van der Waals surface area contributed by atoms with Crippen molar-refractivity contribution in [3.63, 3.8) is 0 Å². The van der Waals surface area contributed by atoms with Crippen molar-refractivity contribution in [2.75, 3.05) is 0 Å². The van der Waals surface area contributed by atoms with Gasteiger partial charge in [0.05, 0.1) is 40.9 Å². The van der Waals surface area contributed by atoms with Crippen LogP contribution in [-0.2, 0) is 0 Å². The quantitative estimate of drug-likeness (QED) is 0.135. The highest BCUT2D eigenvalue weighted by molar-refractivity contribution is 6.15. The van der Waals surface area contributed by atoms with Crippen molar-refractivity contribution in [1.82, 2.24) is 9.13 Å². The summed E-state index contributed by atoms with van der Waals surface area (Å²) in [6.07, 6.45) is 0. The molecule has 0 N–H and O–H groups in total. The molecule has 0 aliphatic carbocycles. The molecule has 13 aromatic rings. The monoisotopic (exact) mass is 984 g/mol. The van der Waals surface area contributed by atoms with Crippen molar-refractivity contribution >= 4 is 55.0 Å². The number of nitrogens with zero attached hydrogens (tertiary/aromatic N) is 4. The Morgan fingerprint density at radius 3 is 1.00 bits per heavy atom. The first kappa shape index (κ1) is 46.8. The molecule has 0 amide bonds. The van der Waals surface area contributed by atoms with Crippen LogP contribution in [0.15, 0.2) is 224 Å². The van der Waals surface area contributed by atoms with Crippen molar-refractivity contribution in [2.24, 2.45) is 0 Å². The summed E-state index contributed by atoms with van der Waals surface area (Å²) in [5.74, 6) is 0. The van der Waals surface area contributed by atoms with Crippen LogP contribution in [0.1, 0.15) is 27.8 Å². The first-order valence-electron chi connectivity index (χ1n) is 26.2. The molecule has 0 unspecified atom stereocenters. The number of aryl methyl sites for hydroxylation is 5. The van der Waals surface area contributed by atoms with Gasteiger partial charge in [-0.25, -0.2) is 9.69 Å². The van der Waals surface area contributed by atoms with Crippen LogP contribution in [0, 0.1) is 47.8 Å². The zero-order valence-corrected chi connectivity index (χ0v) is 43.7. The fraction of sp³-hybridized carbons (Fsp3) is 0.0685. The number of benzene rings is 11. The maximum absolute atomic E-state index is 9.05. The van der Waals surface area contributed by atoms with Crippen molar-refractivity contribution in [2.45, 2.75) is 34.6 Å². The van der Waals surface area contributed by atoms with E-state index in [1.165, 1.54) is 22.3 Å². The molecule has 0 fully saturated rings. The Kier molecular flexibility index (Phi) is 11.4. The van der Waals surface area contributed by atoms with Crippen LogP contribution in [0.4, 0.5) is 11.4 Å². The summed E-state index contributed by atoms with van der Waals surface area (Å²) in [5, 5.41) is 4.52. The van der Waals surface area contributed by atoms with Gasteiger partial charge in [0.2, 0.25) is 0 Å². The lowest BCUT2D eigenvalue weighted by Crippen LogP contribution is -2.04. The summed E-state index contributed by atoms with van der Waals surface area (Å²) in [6, 6.07) is 81.2. The van der Waals surface area contributed by atoms with Gasteiger partial charge in [0.1, 0.15) is 0 Å². The number of rotatable bonds is 8. The molecule has 4 heteroatoms. The van der Waals surface area contributed by atoms with Crippen molar-refractivity contribution in [1.29, 1.82) is 0 Å². The Bertz CT molecular complexity index is 4390. The fourth-order valence-corrected chi connectivity index (χ4v) is 11.6. The van der Waals surface area contributed by atoms with Gasteiger partial charge in [-0.3, -0.25) is 0 Å². The Labute approximate surface area is 449 Å². The third-order valence-electron chi connectivity index (χ3n) is 15.6. The topological polar surface area (TPSA) is 18.6 Å². The molecule has 77 heavy (non-hydrogen) atoms. The number of fused-ring (bicyclic) bond motifs is 6. The van der Waals surface area contributed by atoms with E-state index in [2.05, 4.69) is 254 Å². The molecule has 0 saturated heterocycles. The zero-order valence-electron chi connectivity index (χ0n) is 43.7. The summed E-state index contributed by atoms with van der Waals surface area (Å²) in [4.78, 5) is 8.26. The molecular weight excluding hydrogens is 933 g/mol. The van der Waals surface area contributed by atoms with Crippen LogP contribution >= 0.6 is 0 Å². The Morgan fingerprint density at radius 1 is 0.299 bits per heavy atom. The second kappa shape index (κ2) is 18.7. The third-order valence-corrected chi connectivity index (χ3v) is 15.6. The predicted molar refractivity (Wildman–Crippen MR) is 324 cm³/mol. The van der Waals surface area contributed by atoms with Gasteiger partial charge in [-0.1, -0.05) is 192 Å². The van der Waals surface area contributed by atoms with Gasteiger partial charge in [-0.2, -0.15) is 0 Å². The summed E-state index contributed by atoms with van der Waals surface area (Å²) >= 11 is 0. The molecule has 0 saturated carbocycles. The maximum Gasteiger partial charge on any atom is 0.197 e. The van der Waals surface area contributed by atoms with Crippen LogP contribution in [0.2, 0.25) is 0 Å². The standard InChI is InChI=1S/C73H52N4/c1-45-14-22-50(23-15-45)54-30-36-66-61(41-54)62-42-55(51-24-16-46(2)17-25-51)31-37-67(62)76(66)70-12-8-10-60(59-35-34-58(74-6)40-49(59)5)72(70)73-65(75-7)11-9-13-71(73)77-68-38-32-56(52-26-18-47(3)19-27-52)43-63(68)64-44-57(33-39-69(64)77)53-28-20-48(4)21-29-53/h8-44H,1-5H3. The highest BCUT2D eigenvalue weighted by atomic mass is 15.0. The van der Waals surface area contributed by atoms with Crippen molar-refractivity contribution < 1.29 is 0 Å². The minimum Gasteiger partial charge on any atom is -0.310 e. The van der Waals surface area contributed by atoms with Crippen LogP contribution in [0.25, 0.3) is 131 Å². The second-order valence-electron chi connectivity index (χ2n) is 20.7. The minimum absolute atomic E-state index is 0.540. The SMILES string of the molecule is [C-]#[N+]c1ccc(-c2cccc(-n3c4ccc(-c5ccc(C)cc5)cc4c4cc(-c5ccc(C)cc5)ccc43)c2-c2c([N+]#[C-])cccc2-n2c3ccc(-c4ccc(C)cc4)cc3c3cc(-c4ccc(C)cc4)ccc32)c(C)c1. The molecule has 0 radical (unpaired) electrons. The largest absolute Gasteiger partial charge is 0.310 e. The molecule has 0 bridgehead atoms. The molecule has 364 valence electrons. The van der Waals surface area contributed by atoms with E-state index in [4.69, 9.17) is 13.1 Å². The molecule has 0 atom stereocenters. The normalized spacial score (nSPS) is 11.4. The highest BCUT2D eigenvalue weighted by Gasteiger charge is 2.27. The maximum atomic E-state index is 9.05. The average Bonchev–Trinajstić information content (AvgIpc) is 4.20. The van der Waals surface area contributed by atoms with Crippen molar-refractivity contribution in [3.8, 4) is 78.1 Å². The van der Waals surface area contributed by atoms with Crippen LogP contribution in [0.3, 0.4) is 0 Å². The lowest BCUT2D eigenvalue weighted by molar-refractivity contribution is 1.16. The smallest absolute Gasteiger partial charge is 0.197 e. The first-order valence-corrected chi connectivity index (χ1v) is 26.2. The van der Waals surface area contributed by atoms with E-state index < -0.39 is 0 Å². The van der Waals surface area contributed by atoms with E-state index in [9.17, 15) is 0 Å². The van der Waals surface area contributed by atoms with E-state index in [1.54, 1.807) is 0 Å². The van der Waals surface area contributed by atoms with E-state index >= 15 is 0 Å². The number of aromatic nitrogens is 2. The highest BCUT2D eigenvalue weighted by Crippen LogP contribution is 2.50. The van der Waals surface area contributed by atoms with Gasteiger partial charge in [0, 0.05) is 38.4 Å². The minimum atomic E-state index is 0.540. The van der Waals surface area contributed by atoms with Gasteiger partial charge in [0.15, 0.2) is 11.4 Å². The molecule has 0 aliphatic rings. The van der Waals surface area contributed by atoms with E-state index in [-0.39, 0.29) is 0 Å². The van der Waals surface area contributed by atoms with Gasteiger partial charge < -0.3 is 9.13 Å². The van der Waals surface area contributed by atoms with Gasteiger partial charge >= 0.3 is 0 Å². The van der Waals surface area contributed by atoms with Crippen LogP contribution < -0.4 is 0 Å². The predicted octanol–water partition coefficient (Wildman–Crippen LogP) is 20.5. The fourth-order valence-electron chi connectivity index (χ4n) is 11.6. The summed E-state index contributed by atoms with van der Waals surface area (Å²) in [6.45, 7) is 27.6. The molecule has 4 nitrogen and oxygen atoms in total. The molecular formula is C73H52N4. The number of hydrogen-bond acceptors (Lipinski definition) is 0. The van der Waals surface area contributed by atoms with Crippen LogP contribution in [0.5, 0.6) is 0 Å². The zero-order chi connectivity index (χ0) is 52.5. The molecule has 13 rings (SSSR count). The van der Waals surface area contributed by atoms with E-state index in [0.29, 0.717) is 11.4 Å². The van der Waals surface area contributed by atoms with E-state index in [1.807, 2.05) is 24.3 Å². The summed E-state index contributed by atoms with van der Waals surface area (Å²) < 4.78 is 4.80. The Hall–Kier alpha value is -10.0. The molecule has 0 spiro atoms. The molecule has 2 aromatic heterocycles. The van der Waals surface area contributed by atoms with Crippen LogP contribution in [-0.4, -0.2) is 9.13 Å². The first-order chi connectivity index (χ1) is 37.6. The molecule has 11 aromatic carbocycles. The molecule has 2 heterocycles. The van der Waals surface area contributed by atoms with Gasteiger partial charge in [-0.15, -0.1) is 0 Å². The summed E-state index contributed by atoms with van der Waals surface area (Å²) in [7, 11) is 0. The average molecular weight is 985 g/mol.